The Labute approximate surface area is 121 Å². The fourth-order valence-corrected chi connectivity index (χ4v) is 3.85. The van der Waals surface area contributed by atoms with Gasteiger partial charge in [0.25, 0.3) is 0 Å². The van der Waals surface area contributed by atoms with Gasteiger partial charge >= 0.3 is 0 Å². The normalized spacial score (nSPS) is 26.2. The molecule has 0 aliphatic heterocycles. The van der Waals surface area contributed by atoms with Crippen LogP contribution in [0.1, 0.15) is 30.0 Å². The molecule has 2 aromatic rings. The van der Waals surface area contributed by atoms with Crippen molar-refractivity contribution >= 4 is 0 Å². The van der Waals surface area contributed by atoms with Crippen molar-refractivity contribution in [2.24, 2.45) is 5.92 Å². The zero-order valence-corrected chi connectivity index (χ0v) is 12.2. The van der Waals surface area contributed by atoms with E-state index in [2.05, 4.69) is 61.8 Å². The number of nitrogens with one attached hydrogen (secondary N) is 1. The van der Waals surface area contributed by atoms with Crippen LogP contribution in [-0.2, 0) is 11.8 Å². The topological polar surface area (TPSA) is 12.0 Å². The van der Waals surface area contributed by atoms with Gasteiger partial charge in [-0.3, -0.25) is 0 Å². The van der Waals surface area contributed by atoms with Gasteiger partial charge in [-0.05, 0) is 65.6 Å². The molecular formula is C19H21N. The van der Waals surface area contributed by atoms with Gasteiger partial charge in [0.1, 0.15) is 0 Å². The van der Waals surface area contributed by atoms with Crippen molar-refractivity contribution in [3.63, 3.8) is 0 Å². The average molecular weight is 263 g/mol. The lowest BCUT2D eigenvalue weighted by Crippen LogP contribution is -2.15. The molecule has 0 heterocycles. The molecule has 2 unspecified atom stereocenters. The van der Waals surface area contributed by atoms with Crippen LogP contribution in [0.25, 0.3) is 11.1 Å². The molecule has 20 heavy (non-hydrogen) atoms. The molecule has 4 rings (SSSR count). The van der Waals surface area contributed by atoms with Crippen molar-refractivity contribution in [1.29, 1.82) is 0 Å². The fourth-order valence-electron chi connectivity index (χ4n) is 3.85. The van der Waals surface area contributed by atoms with Crippen molar-refractivity contribution in [2.45, 2.75) is 25.2 Å². The molecule has 1 nitrogen and oxygen atoms in total. The van der Waals surface area contributed by atoms with Crippen LogP contribution in [0, 0.1) is 5.92 Å². The molecular weight excluding hydrogens is 242 g/mol. The Bertz CT molecular complexity index is 673. The van der Waals surface area contributed by atoms with E-state index in [0.29, 0.717) is 5.41 Å². The van der Waals surface area contributed by atoms with Gasteiger partial charge in [0.15, 0.2) is 0 Å². The summed E-state index contributed by atoms with van der Waals surface area (Å²) in [5.74, 6) is 0.800. The molecule has 2 aliphatic carbocycles. The second-order valence-electron chi connectivity index (χ2n) is 6.58. The van der Waals surface area contributed by atoms with Crippen molar-refractivity contribution in [2.75, 3.05) is 13.6 Å². The lowest BCUT2D eigenvalue weighted by molar-refractivity contribution is 0.617. The maximum absolute atomic E-state index is 3.32. The summed E-state index contributed by atoms with van der Waals surface area (Å²) >= 11 is 0. The van der Waals surface area contributed by atoms with E-state index in [4.69, 9.17) is 0 Å². The largest absolute Gasteiger partial charge is 0.319 e. The van der Waals surface area contributed by atoms with E-state index in [1.807, 2.05) is 0 Å². The first kappa shape index (κ1) is 12.2. The highest BCUT2D eigenvalue weighted by atomic mass is 14.8. The second-order valence-corrected chi connectivity index (χ2v) is 6.58. The highest BCUT2D eigenvalue weighted by Gasteiger charge is 2.50. The predicted molar refractivity (Wildman–Crippen MR) is 84.1 cm³/mol. The summed E-state index contributed by atoms with van der Waals surface area (Å²) in [6.45, 7) is 3.55. The third kappa shape index (κ3) is 1.66. The summed E-state index contributed by atoms with van der Waals surface area (Å²) in [5.41, 5.74) is 7.80. The van der Waals surface area contributed by atoms with Gasteiger partial charge in [0.05, 0.1) is 0 Å². The van der Waals surface area contributed by atoms with Crippen LogP contribution >= 0.6 is 0 Å². The molecule has 0 bridgehead atoms. The van der Waals surface area contributed by atoms with Crippen LogP contribution in [0.2, 0.25) is 0 Å². The number of hydrogen-bond donors (Lipinski definition) is 1. The van der Waals surface area contributed by atoms with E-state index in [1.165, 1.54) is 34.2 Å². The molecule has 1 fully saturated rings. The molecule has 0 spiro atoms. The van der Waals surface area contributed by atoms with E-state index in [0.717, 1.165) is 18.9 Å². The summed E-state index contributed by atoms with van der Waals surface area (Å²) in [6, 6.07) is 16.0. The Hall–Kier alpha value is -1.60. The molecule has 0 amide bonds. The monoisotopic (exact) mass is 263 g/mol. The van der Waals surface area contributed by atoms with Gasteiger partial charge < -0.3 is 5.32 Å². The van der Waals surface area contributed by atoms with Gasteiger partial charge in [-0.15, -0.1) is 0 Å². The first-order valence-electron chi connectivity index (χ1n) is 7.58. The first-order chi connectivity index (χ1) is 9.72. The lowest BCUT2D eigenvalue weighted by Gasteiger charge is -2.14. The molecule has 0 aromatic heterocycles. The van der Waals surface area contributed by atoms with Crippen molar-refractivity contribution in [1.82, 2.24) is 5.32 Å². The van der Waals surface area contributed by atoms with Gasteiger partial charge in [-0.1, -0.05) is 49.4 Å². The minimum Gasteiger partial charge on any atom is -0.319 e. The Morgan fingerprint density at radius 1 is 1.10 bits per heavy atom. The molecule has 1 N–H and O–H groups in total. The summed E-state index contributed by atoms with van der Waals surface area (Å²) in [7, 11) is 2.05. The molecule has 2 atom stereocenters. The van der Waals surface area contributed by atoms with Crippen LogP contribution in [0.3, 0.4) is 0 Å². The Kier molecular flexibility index (Phi) is 2.55. The van der Waals surface area contributed by atoms with Gasteiger partial charge in [-0.25, -0.2) is 0 Å². The molecule has 1 saturated carbocycles. The second kappa shape index (κ2) is 4.20. The van der Waals surface area contributed by atoms with E-state index in [-0.39, 0.29) is 0 Å². The third-order valence-electron chi connectivity index (χ3n) is 5.32. The number of rotatable bonds is 3. The Morgan fingerprint density at radius 2 is 1.90 bits per heavy atom. The maximum atomic E-state index is 3.32. The van der Waals surface area contributed by atoms with Crippen LogP contribution in [-0.4, -0.2) is 13.6 Å². The van der Waals surface area contributed by atoms with Gasteiger partial charge in [-0.2, -0.15) is 0 Å². The third-order valence-corrected chi connectivity index (χ3v) is 5.32. The average Bonchev–Trinajstić information content (AvgIpc) is 2.98. The zero-order valence-electron chi connectivity index (χ0n) is 12.2. The van der Waals surface area contributed by atoms with Crippen molar-refractivity contribution < 1.29 is 0 Å². The first-order valence-corrected chi connectivity index (χ1v) is 7.58. The maximum Gasteiger partial charge on any atom is -0.00134 e. The fraction of sp³-hybridized carbons (Fsp3) is 0.368. The minimum absolute atomic E-state index is 0.396. The van der Waals surface area contributed by atoms with Crippen molar-refractivity contribution in [3.8, 4) is 11.1 Å². The van der Waals surface area contributed by atoms with Crippen LogP contribution in [0.4, 0.5) is 0 Å². The summed E-state index contributed by atoms with van der Waals surface area (Å²) in [5, 5.41) is 3.32. The molecule has 0 saturated heterocycles. The smallest absolute Gasteiger partial charge is 0.00134 e. The number of benzene rings is 2. The van der Waals surface area contributed by atoms with Gasteiger partial charge in [0, 0.05) is 0 Å². The SMILES string of the molecule is CNCC1CC1(C)c1ccc2c(c1)Cc1ccccc1-2. The zero-order chi connectivity index (χ0) is 13.7. The minimum atomic E-state index is 0.396. The molecule has 1 heteroatoms. The van der Waals surface area contributed by atoms with E-state index in [9.17, 15) is 0 Å². The number of hydrogen-bond acceptors (Lipinski definition) is 1. The quantitative estimate of drug-likeness (QED) is 0.759. The van der Waals surface area contributed by atoms with Crippen LogP contribution in [0.5, 0.6) is 0 Å². The Balaban J connectivity index is 1.70. The highest BCUT2D eigenvalue weighted by molar-refractivity contribution is 5.77. The van der Waals surface area contributed by atoms with Crippen LogP contribution in [0.15, 0.2) is 42.5 Å². The molecule has 2 aliphatic rings. The standard InChI is InChI=1S/C19H21N/c1-19(11-16(19)12-20-2)15-7-8-18-14(10-15)9-13-5-3-4-6-17(13)18/h3-8,10,16,20H,9,11-12H2,1-2H3. The molecule has 2 aromatic carbocycles. The van der Waals surface area contributed by atoms with E-state index < -0.39 is 0 Å². The molecule has 102 valence electrons. The van der Waals surface area contributed by atoms with Crippen LogP contribution < -0.4 is 5.32 Å². The summed E-state index contributed by atoms with van der Waals surface area (Å²) in [6.07, 6.45) is 2.42. The molecule has 0 radical (unpaired) electrons. The summed E-state index contributed by atoms with van der Waals surface area (Å²) in [4.78, 5) is 0. The lowest BCUT2D eigenvalue weighted by atomic mass is 9.92. The summed E-state index contributed by atoms with van der Waals surface area (Å²) < 4.78 is 0. The Morgan fingerprint density at radius 3 is 2.75 bits per heavy atom. The van der Waals surface area contributed by atoms with Gasteiger partial charge in [0.2, 0.25) is 0 Å². The van der Waals surface area contributed by atoms with E-state index in [1.54, 1.807) is 0 Å². The highest BCUT2D eigenvalue weighted by Crippen LogP contribution is 2.54. The van der Waals surface area contributed by atoms with E-state index >= 15 is 0 Å². The predicted octanol–water partition coefficient (Wildman–Crippen LogP) is 3.75. The van der Waals surface area contributed by atoms with Crippen molar-refractivity contribution in [3.05, 3.63) is 59.2 Å². The number of fused-ring (bicyclic) bond motifs is 3.